The van der Waals surface area contributed by atoms with Crippen molar-refractivity contribution in [2.24, 2.45) is 0 Å². The van der Waals surface area contributed by atoms with Gasteiger partial charge in [-0.05, 0) is 72.9 Å². The number of fused-ring (bicyclic) bond motifs is 1. The van der Waals surface area contributed by atoms with Crippen LogP contribution in [-0.2, 0) is 24.2 Å². The Bertz CT molecular complexity index is 1230. The van der Waals surface area contributed by atoms with Crippen LogP contribution in [0.4, 0.5) is 0 Å². The Morgan fingerprint density at radius 2 is 1.85 bits per heavy atom. The number of carboxylic acid groups (broad SMARTS) is 1. The van der Waals surface area contributed by atoms with Crippen LogP contribution in [0.5, 0.6) is 5.75 Å². The number of halogens is 2. The maximum Gasteiger partial charge on any atom is 0.323 e. The summed E-state index contributed by atoms with van der Waals surface area (Å²) in [5.74, 6) is -0.696. The molecule has 1 N–H and O–H groups in total. The molecule has 0 spiro atoms. The van der Waals surface area contributed by atoms with Gasteiger partial charge in [0.1, 0.15) is 17.9 Å². The van der Waals surface area contributed by atoms with Crippen LogP contribution >= 0.6 is 23.2 Å². The van der Waals surface area contributed by atoms with E-state index in [2.05, 4.69) is 6.92 Å². The first-order valence-electron chi connectivity index (χ1n) is 11.0. The van der Waals surface area contributed by atoms with E-state index >= 15 is 0 Å². The summed E-state index contributed by atoms with van der Waals surface area (Å²) >= 11 is 12.4. The van der Waals surface area contributed by atoms with Gasteiger partial charge in [0, 0.05) is 28.6 Å². The highest BCUT2D eigenvalue weighted by Crippen LogP contribution is 2.37. The minimum Gasteiger partial charge on any atom is -0.487 e. The fraction of sp³-hybridized carbons (Fsp3) is 0.259. The number of carbonyl (C=O) groups excluding carboxylic acids is 1. The molecule has 1 atom stereocenters. The Morgan fingerprint density at radius 3 is 2.59 bits per heavy atom. The predicted molar refractivity (Wildman–Crippen MR) is 133 cm³/mol. The van der Waals surface area contributed by atoms with Gasteiger partial charge in [-0.1, -0.05) is 53.5 Å². The summed E-state index contributed by atoms with van der Waals surface area (Å²) in [5, 5.41) is 10.6. The van der Waals surface area contributed by atoms with Gasteiger partial charge in [-0.15, -0.1) is 0 Å². The second kappa shape index (κ2) is 10.1. The Labute approximate surface area is 208 Å². The molecule has 176 valence electrons. The van der Waals surface area contributed by atoms with Crippen molar-refractivity contribution in [3.63, 3.8) is 0 Å². The van der Waals surface area contributed by atoms with E-state index in [0.29, 0.717) is 17.0 Å². The molecule has 1 heterocycles. The number of aryl methyl sites for hydroxylation is 1. The van der Waals surface area contributed by atoms with Gasteiger partial charge < -0.3 is 14.7 Å². The first kappa shape index (κ1) is 24.1. The highest BCUT2D eigenvalue weighted by atomic mass is 35.5. The molecule has 4 rings (SSSR count). The van der Waals surface area contributed by atoms with E-state index in [1.54, 1.807) is 36.4 Å². The van der Waals surface area contributed by atoms with Crippen molar-refractivity contribution in [1.82, 2.24) is 4.90 Å². The Hall–Kier alpha value is -3.02. The third-order valence-electron chi connectivity index (χ3n) is 5.99. The average Bonchev–Trinajstić information content (AvgIpc) is 2.79. The minimum absolute atomic E-state index is 0.148. The summed E-state index contributed by atoms with van der Waals surface area (Å²) in [4.78, 5) is 26.0. The molecule has 0 radical (unpaired) electrons. The van der Waals surface area contributed by atoms with E-state index in [4.69, 9.17) is 27.9 Å². The average molecular weight is 498 g/mol. The van der Waals surface area contributed by atoms with Crippen molar-refractivity contribution in [1.29, 1.82) is 0 Å². The Kier molecular flexibility index (Phi) is 7.15. The molecule has 0 aliphatic carbocycles. The first-order chi connectivity index (χ1) is 16.2. The number of nitrogens with zero attached hydrogens (tertiary/aromatic N) is 1. The molecule has 0 unspecified atom stereocenters. The molecule has 1 amide bonds. The van der Waals surface area contributed by atoms with Crippen molar-refractivity contribution in [2.75, 3.05) is 6.54 Å². The molecule has 3 aromatic rings. The van der Waals surface area contributed by atoms with Crippen molar-refractivity contribution in [2.45, 2.75) is 38.3 Å². The Balaban J connectivity index is 1.53. The van der Waals surface area contributed by atoms with Gasteiger partial charge in [0.05, 0.1) is 0 Å². The van der Waals surface area contributed by atoms with Crippen molar-refractivity contribution < 1.29 is 19.4 Å². The second-order valence-electron chi connectivity index (χ2n) is 8.83. The van der Waals surface area contributed by atoms with Crippen LogP contribution < -0.4 is 4.74 Å². The zero-order valence-electron chi connectivity index (χ0n) is 18.8. The molecule has 0 aromatic heterocycles. The predicted octanol–water partition coefficient (Wildman–Crippen LogP) is 6.05. The van der Waals surface area contributed by atoms with E-state index in [0.717, 1.165) is 40.3 Å². The van der Waals surface area contributed by atoms with Crippen molar-refractivity contribution in [3.05, 3.63) is 99.0 Å². The third-order valence-corrected chi connectivity index (χ3v) is 6.59. The smallest absolute Gasteiger partial charge is 0.323 e. The number of aliphatic carboxylic acids is 1. The fourth-order valence-electron chi connectivity index (χ4n) is 4.29. The van der Waals surface area contributed by atoms with Gasteiger partial charge in [0.2, 0.25) is 0 Å². The molecule has 1 aliphatic heterocycles. The molecule has 0 saturated heterocycles. The molecular weight excluding hydrogens is 473 g/mol. The maximum absolute atomic E-state index is 13.2. The van der Waals surface area contributed by atoms with E-state index < -0.39 is 18.1 Å². The number of carbonyl (C=O) groups is 2. The van der Waals surface area contributed by atoms with Gasteiger partial charge in [-0.25, -0.2) is 0 Å². The number of ether oxygens (including phenoxy) is 1. The number of benzene rings is 3. The maximum atomic E-state index is 13.2. The van der Waals surface area contributed by atoms with E-state index in [1.807, 2.05) is 30.3 Å². The quantitative estimate of drug-likeness (QED) is 0.431. The van der Waals surface area contributed by atoms with E-state index in [1.165, 1.54) is 4.90 Å². The number of hydrogen-bond acceptors (Lipinski definition) is 3. The summed E-state index contributed by atoms with van der Waals surface area (Å²) in [7, 11) is 0. The standard InChI is InChI=1S/C27H25Cl2NO4/c1-27(15-21-6-2-3-8-23(21)29)12-11-19-14-20(9-10-24(19)34-27)26(33)30(17-25(31)32)16-18-5-4-7-22(28)13-18/h2-10,13-14H,11-12,15-17H2,1H3,(H,31,32)/t27-/m1/s1. The molecular formula is C27H25Cl2NO4. The molecule has 7 heteroatoms. The number of amides is 1. The van der Waals surface area contributed by atoms with Gasteiger partial charge >= 0.3 is 5.97 Å². The topological polar surface area (TPSA) is 66.8 Å². The molecule has 5 nitrogen and oxygen atoms in total. The molecule has 3 aromatic carbocycles. The summed E-state index contributed by atoms with van der Waals surface area (Å²) in [6, 6.07) is 20.1. The lowest BCUT2D eigenvalue weighted by atomic mass is 9.86. The van der Waals surface area contributed by atoms with Gasteiger partial charge in [-0.2, -0.15) is 0 Å². The van der Waals surface area contributed by atoms with Crippen LogP contribution in [0.3, 0.4) is 0 Å². The highest BCUT2D eigenvalue weighted by molar-refractivity contribution is 6.31. The van der Waals surface area contributed by atoms with Crippen molar-refractivity contribution in [3.8, 4) is 5.75 Å². The molecule has 0 fully saturated rings. The fourth-order valence-corrected chi connectivity index (χ4v) is 4.71. The summed E-state index contributed by atoms with van der Waals surface area (Å²) in [5.41, 5.74) is 2.75. The lowest BCUT2D eigenvalue weighted by Gasteiger charge is -2.36. The van der Waals surface area contributed by atoms with Crippen LogP contribution in [0.15, 0.2) is 66.7 Å². The molecule has 0 bridgehead atoms. The number of hydrogen-bond donors (Lipinski definition) is 1. The van der Waals surface area contributed by atoms with Crippen LogP contribution in [0.2, 0.25) is 10.0 Å². The molecule has 1 aliphatic rings. The molecule has 0 saturated carbocycles. The van der Waals surface area contributed by atoms with Crippen LogP contribution in [0.25, 0.3) is 0 Å². The molecule has 34 heavy (non-hydrogen) atoms. The zero-order valence-corrected chi connectivity index (χ0v) is 20.3. The van der Waals surface area contributed by atoms with E-state index in [9.17, 15) is 14.7 Å². The lowest BCUT2D eigenvalue weighted by molar-refractivity contribution is -0.137. The number of rotatable bonds is 7. The number of carboxylic acids is 1. The largest absolute Gasteiger partial charge is 0.487 e. The van der Waals surface area contributed by atoms with Crippen LogP contribution in [0, 0.1) is 0 Å². The lowest BCUT2D eigenvalue weighted by Crippen LogP contribution is -2.39. The normalized spacial score (nSPS) is 16.9. The summed E-state index contributed by atoms with van der Waals surface area (Å²) < 4.78 is 6.35. The monoisotopic (exact) mass is 497 g/mol. The SMILES string of the molecule is C[C@]1(Cc2ccccc2Cl)CCc2cc(C(=O)N(CC(=O)O)Cc3cccc(Cl)c3)ccc2O1. The second-order valence-corrected chi connectivity index (χ2v) is 9.67. The first-order valence-corrected chi connectivity index (χ1v) is 11.8. The van der Waals surface area contributed by atoms with Gasteiger partial charge in [0.25, 0.3) is 5.91 Å². The van der Waals surface area contributed by atoms with E-state index in [-0.39, 0.29) is 12.5 Å². The van der Waals surface area contributed by atoms with Crippen molar-refractivity contribution >= 4 is 35.1 Å². The Morgan fingerprint density at radius 1 is 1.06 bits per heavy atom. The van der Waals surface area contributed by atoms with Crippen LogP contribution in [0.1, 0.15) is 40.4 Å². The third kappa shape index (κ3) is 5.72. The summed E-state index contributed by atoms with van der Waals surface area (Å²) in [6.45, 7) is 1.81. The van der Waals surface area contributed by atoms with Gasteiger partial charge in [0.15, 0.2) is 0 Å². The zero-order chi connectivity index (χ0) is 24.3. The highest BCUT2D eigenvalue weighted by Gasteiger charge is 2.33. The minimum atomic E-state index is -1.08. The van der Waals surface area contributed by atoms with Gasteiger partial charge in [-0.3, -0.25) is 9.59 Å². The summed E-state index contributed by atoms with van der Waals surface area (Å²) in [6.07, 6.45) is 2.19. The van der Waals surface area contributed by atoms with Crippen LogP contribution in [-0.4, -0.2) is 34.0 Å².